The lowest BCUT2D eigenvalue weighted by Crippen LogP contribution is -2.11. The lowest BCUT2D eigenvalue weighted by atomic mass is 9.95. The Kier molecular flexibility index (Phi) is 3.30. The van der Waals surface area contributed by atoms with E-state index in [1.54, 1.807) is 12.2 Å². The molecule has 2 rings (SSSR count). The Morgan fingerprint density at radius 3 is 1.62 bits per heavy atom. The van der Waals surface area contributed by atoms with Gasteiger partial charge in [-0.05, 0) is 12.8 Å². The smallest absolute Gasteiger partial charge is 0.163 e. The maximum atomic E-state index is 11.8. The molecule has 0 atom stereocenters. The summed E-state index contributed by atoms with van der Waals surface area (Å²) in [6, 6.07) is 0. The van der Waals surface area contributed by atoms with Gasteiger partial charge in [0.25, 0.3) is 0 Å². The van der Waals surface area contributed by atoms with Gasteiger partial charge in [0, 0.05) is 24.0 Å². The first-order valence-electron chi connectivity index (χ1n) is 5.59. The molecular weight excluding hydrogens is 200 g/mol. The van der Waals surface area contributed by atoms with Crippen molar-refractivity contribution in [3.8, 4) is 0 Å². The van der Waals surface area contributed by atoms with Crippen molar-refractivity contribution in [1.29, 1.82) is 0 Å². The number of Topliss-reactive ketones (excluding diaryl/α,β-unsaturated/α-hetero) is 2. The molecule has 0 aromatic carbocycles. The Bertz CT molecular complexity index is 392. The van der Waals surface area contributed by atoms with Crippen LogP contribution in [0.4, 0.5) is 0 Å². The number of hydrogen-bond acceptors (Lipinski definition) is 2. The predicted molar refractivity (Wildman–Crippen MR) is 62.9 cm³/mol. The minimum atomic E-state index is 0.0694. The summed E-state index contributed by atoms with van der Waals surface area (Å²) in [7, 11) is 0. The second kappa shape index (κ2) is 4.88. The lowest BCUT2D eigenvalue weighted by molar-refractivity contribution is -0.118. The Morgan fingerprint density at radius 2 is 1.19 bits per heavy atom. The fourth-order valence-corrected chi connectivity index (χ4v) is 1.89. The van der Waals surface area contributed by atoms with E-state index in [-0.39, 0.29) is 11.6 Å². The highest BCUT2D eigenvalue weighted by atomic mass is 16.1. The minimum Gasteiger partial charge on any atom is -0.294 e. The first kappa shape index (κ1) is 10.8. The fraction of sp³-hybridized carbons (Fsp3) is 0.286. The summed E-state index contributed by atoms with van der Waals surface area (Å²) < 4.78 is 0. The maximum absolute atomic E-state index is 11.8. The van der Waals surface area contributed by atoms with Gasteiger partial charge in [0.15, 0.2) is 11.6 Å². The van der Waals surface area contributed by atoms with Crippen LogP contribution < -0.4 is 0 Å². The number of carbonyl (C=O) groups excluding carboxylic acids is 2. The molecule has 0 fully saturated rings. The molecule has 0 bridgehead atoms. The molecule has 0 amide bonds. The van der Waals surface area contributed by atoms with Crippen molar-refractivity contribution in [2.75, 3.05) is 0 Å². The van der Waals surface area contributed by atoms with Gasteiger partial charge in [-0.3, -0.25) is 9.59 Å². The van der Waals surface area contributed by atoms with Crippen molar-refractivity contribution in [3.05, 3.63) is 47.6 Å². The van der Waals surface area contributed by atoms with Crippen LogP contribution in [0, 0.1) is 0 Å². The molecule has 0 heterocycles. The molecule has 0 spiro atoms. The van der Waals surface area contributed by atoms with Gasteiger partial charge in [-0.25, -0.2) is 0 Å². The molecule has 2 aliphatic rings. The van der Waals surface area contributed by atoms with Crippen LogP contribution in [0.5, 0.6) is 0 Å². The monoisotopic (exact) mass is 214 g/mol. The highest BCUT2D eigenvalue weighted by molar-refractivity contribution is 6.13. The third-order valence-corrected chi connectivity index (χ3v) is 2.77. The highest BCUT2D eigenvalue weighted by Crippen LogP contribution is 2.21. The van der Waals surface area contributed by atoms with Crippen molar-refractivity contribution in [2.24, 2.45) is 0 Å². The molecule has 16 heavy (non-hydrogen) atoms. The van der Waals surface area contributed by atoms with Crippen LogP contribution in [0.15, 0.2) is 47.6 Å². The van der Waals surface area contributed by atoms with E-state index in [4.69, 9.17) is 0 Å². The molecule has 0 saturated carbocycles. The quantitative estimate of drug-likeness (QED) is 0.672. The molecule has 0 aromatic heterocycles. The van der Waals surface area contributed by atoms with Gasteiger partial charge in [0.2, 0.25) is 0 Å². The summed E-state index contributed by atoms with van der Waals surface area (Å²) in [6.07, 6.45) is 13.7. The van der Waals surface area contributed by atoms with Gasteiger partial charge in [-0.2, -0.15) is 0 Å². The van der Waals surface area contributed by atoms with Crippen molar-refractivity contribution in [2.45, 2.75) is 25.7 Å². The lowest BCUT2D eigenvalue weighted by Gasteiger charge is -2.06. The van der Waals surface area contributed by atoms with Crippen molar-refractivity contribution < 1.29 is 9.59 Å². The Hall–Kier alpha value is -1.70. The standard InChI is InChI=1S/C14H14O2/c15-13-9-5-1-3-7-11(13)12-8-4-2-6-10-14(12)16/h1-4,7-8H,5-6,9-10H2. The average molecular weight is 214 g/mol. The Morgan fingerprint density at radius 1 is 0.750 bits per heavy atom. The van der Waals surface area contributed by atoms with Crippen LogP contribution in [0.2, 0.25) is 0 Å². The molecule has 0 aliphatic heterocycles. The Labute approximate surface area is 95.0 Å². The summed E-state index contributed by atoms with van der Waals surface area (Å²) in [5, 5.41) is 0. The molecular formula is C14H14O2. The summed E-state index contributed by atoms with van der Waals surface area (Å²) in [5.74, 6) is 0.139. The fourth-order valence-electron chi connectivity index (χ4n) is 1.89. The van der Waals surface area contributed by atoms with Gasteiger partial charge in [0.05, 0.1) is 0 Å². The molecule has 2 aliphatic carbocycles. The zero-order valence-electron chi connectivity index (χ0n) is 9.11. The number of rotatable bonds is 1. The summed E-state index contributed by atoms with van der Waals surface area (Å²) in [6.45, 7) is 0. The zero-order valence-corrected chi connectivity index (χ0v) is 9.11. The van der Waals surface area contributed by atoms with Crippen molar-refractivity contribution >= 4 is 11.6 Å². The van der Waals surface area contributed by atoms with E-state index in [1.165, 1.54) is 0 Å². The number of carbonyl (C=O) groups is 2. The van der Waals surface area contributed by atoms with E-state index >= 15 is 0 Å². The van der Waals surface area contributed by atoms with Crippen LogP contribution in [0.3, 0.4) is 0 Å². The average Bonchev–Trinajstić information content (AvgIpc) is 2.59. The summed E-state index contributed by atoms with van der Waals surface area (Å²) >= 11 is 0. The van der Waals surface area contributed by atoms with Crippen LogP contribution in [-0.4, -0.2) is 11.6 Å². The molecule has 82 valence electrons. The zero-order chi connectivity index (χ0) is 11.4. The minimum absolute atomic E-state index is 0.0694. The Balaban J connectivity index is 2.35. The van der Waals surface area contributed by atoms with Gasteiger partial charge in [0.1, 0.15) is 0 Å². The number of ketones is 2. The van der Waals surface area contributed by atoms with Crippen LogP contribution in [-0.2, 0) is 9.59 Å². The van der Waals surface area contributed by atoms with Gasteiger partial charge >= 0.3 is 0 Å². The SMILES string of the molecule is O=C1CCC=CC=C1C1=CC=CCCC1=O. The predicted octanol–water partition coefficient (Wildman–Crippen LogP) is 2.68. The van der Waals surface area contributed by atoms with E-state index < -0.39 is 0 Å². The number of allylic oxidation sites excluding steroid dienone is 8. The second-order valence-electron chi connectivity index (χ2n) is 3.94. The molecule has 2 heteroatoms. The third-order valence-electron chi connectivity index (χ3n) is 2.77. The summed E-state index contributed by atoms with van der Waals surface area (Å²) in [4.78, 5) is 23.7. The molecule has 0 N–H and O–H groups in total. The molecule has 0 aromatic rings. The van der Waals surface area contributed by atoms with Crippen LogP contribution >= 0.6 is 0 Å². The van der Waals surface area contributed by atoms with E-state index in [0.29, 0.717) is 24.0 Å². The van der Waals surface area contributed by atoms with Gasteiger partial charge in [-0.15, -0.1) is 0 Å². The second-order valence-corrected chi connectivity index (χ2v) is 3.94. The largest absolute Gasteiger partial charge is 0.294 e. The highest BCUT2D eigenvalue weighted by Gasteiger charge is 2.20. The van der Waals surface area contributed by atoms with E-state index in [9.17, 15) is 9.59 Å². The van der Waals surface area contributed by atoms with E-state index in [2.05, 4.69) is 0 Å². The summed E-state index contributed by atoms with van der Waals surface area (Å²) in [5.41, 5.74) is 1.15. The maximum Gasteiger partial charge on any atom is 0.163 e. The van der Waals surface area contributed by atoms with Crippen molar-refractivity contribution in [3.63, 3.8) is 0 Å². The van der Waals surface area contributed by atoms with Crippen molar-refractivity contribution in [1.82, 2.24) is 0 Å². The van der Waals surface area contributed by atoms with E-state index in [0.717, 1.165) is 12.8 Å². The van der Waals surface area contributed by atoms with Gasteiger partial charge < -0.3 is 0 Å². The normalized spacial score (nSPS) is 21.2. The topological polar surface area (TPSA) is 34.1 Å². The van der Waals surface area contributed by atoms with Crippen LogP contribution in [0.1, 0.15) is 25.7 Å². The van der Waals surface area contributed by atoms with Crippen LogP contribution in [0.25, 0.3) is 0 Å². The molecule has 0 unspecified atom stereocenters. The first-order chi connectivity index (χ1) is 7.79. The number of hydrogen-bond donors (Lipinski definition) is 0. The third kappa shape index (κ3) is 2.27. The molecule has 0 saturated heterocycles. The molecule has 0 radical (unpaired) electrons. The molecule has 2 nitrogen and oxygen atoms in total. The van der Waals surface area contributed by atoms with Gasteiger partial charge in [-0.1, -0.05) is 36.5 Å². The van der Waals surface area contributed by atoms with E-state index in [1.807, 2.05) is 24.3 Å². The first-order valence-corrected chi connectivity index (χ1v) is 5.59.